The molecule has 1 aliphatic heterocycles. The minimum Gasteiger partial charge on any atom is -0.426 e. The second-order valence-electron chi connectivity index (χ2n) is 2.31. The van der Waals surface area contributed by atoms with Crippen molar-refractivity contribution in [3.63, 3.8) is 0 Å². The van der Waals surface area contributed by atoms with Gasteiger partial charge >= 0.3 is 6.01 Å². The van der Waals surface area contributed by atoms with E-state index in [1.807, 2.05) is 0 Å². The van der Waals surface area contributed by atoms with Gasteiger partial charge in [0.1, 0.15) is 0 Å². The van der Waals surface area contributed by atoms with E-state index in [1.54, 1.807) is 24.3 Å². The Morgan fingerprint density at radius 3 is 2.75 bits per heavy atom. The summed E-state index contributed by atoms with van der Waals surface area (Å²) in [5.74, 6) is -0.801. The van der Waals surface area contributed by atoms with Gasteiger partial charge in [0.2, 0.25) is 0 Å². The quantitative estimate of drug-likeness (QED) is 0.602. The predicted molar refractivity (Wildman–Crippen MR) is 39.9 cm³/mol. The van der Waals surface area contributed by atoms with Crippen LogP contribution in [-0.4, -0.2) is 0 Å². The molecule has 0 aliphatic carbocycles. The number of nitrogens with one attached hydrogen (secondary N) is 1. The van der Waals surface area contributed by atoms with Crippen molar-refractivity contribution in [1.29, 1.82) is 0 Å². The van der Waals surface area contributed by atoms with Crippen molar-refractivity contribution in [1.82, 2.24) is 0 Å². The molecule has 1 N–H and O–H groups in total. The van der Waals surface area contributed by atoms with Crippen LogP contribution in [0, 0.1) is 0 Å². The predicted octanol–water partition coefficient (Wildman–Crippen LogP) is 2.56. The van der Waals surface area contributed by atoms with Gasteiger partial charge in [0.05, 0.1) is 5.69 Å². The van der Waals surface area contributed by atoms with Gasteiger partial charge in [-0.25, -0.2) is 0 Å². The molecule has 0 bridgehead atoms. The number of fused-ring (bicyclic) bond motifs is 1. The average Bonchev–Trinajstić information content (AvgIpc) is 2.07. The first-order valence-electron chi connectivity index (χ1n) is 3.36. The number of benzene rings is 1. The SMILES string of the molecule is FC1=C(F)Oc2ccccc2N1. The highest BCUT2D eigenvalue weighted by molar-refractivity contribution is 5.60. The maximum atomic E-state index is 12.5. The summed E-state index contributed by atoms with van der Waals surface area (Å²) in [7, 11) is 0. The van der Waals surface area contributed by atoms with Gasteiger partial charge in [0.15, 0.2) is 5.75 Å². The Kier molecular flexibility index (Phi) is 1.46. The number of para-hydroxylation sites is 2. The molecule has 1 aromatic carbocycles. The fourth-order valence-corrected chi connectivity index (χ4v) is 0.968. The van der Waals surface area contributed by atoms with Gasteiger partial charge in [-0.05, 0) is 12.1 Å². The summed E-state index contributed by atoms with van der Waals surface area (Å²) in [6.07, 6.45) is 0. The smallest absolute Gasteiger partial charge is 0.332 e. The van der Waals surface area contributed by atoms with E-state index in [9.17, 15) is 8.78 Å². The first-order valence-corrected chi connectivity index (χ1v) is 3.36. The Balaban J connectivity index is 2.43. The molecule has 0 aromatic heterocycles. The van der Waals surface area contributed by atoms with Crippen LogP contribution in [0.2, 0.25) is 0 Å². The third-order valence-corrected chi connectivity index (χ3v) is 1.50. The summed E-state index contributed by atoms with van der Waals surface area (Å²) >= 11 is 0. The minimum atomic E-state index is -1.23. The van der Waals surface area contributed by atoms with Gasteiger partial charge < -0.3 is 10.1 Å². The zero-order valence-electron chi connectivity index (χ0n) is 5.97. The number of hydrogen-bond donors (Lipinski definition) is 1. The van der Waals surface area contributed by atoms with Crippen molar-refractivity contribution >= 4 is 5.69 Å². The average molecular weight is 169 g/mol. The standard InChI is InChI=1S/C8H5F2NO/c9-7-8(10)12-6-4-2-1-3-5(6)11-7/h1-4,11H. The van der Waals surface area contributed by atoms with Gasteiger partial charge in [0, 0.05) is 0 Å². The van der Waals surface area contributed by atoms with Crippen LogP contribution < -0.4 is 10.1 Å². The fourth-order valence-electron chi connectivity index (χ4n) is 0.968. The van der Waals surface area contributed by atoms with Crippen LogP contribution in [0.1, 0.15) is 0 Å². The van der Waals surface area contributed by atoms with Crippen LogP contribution in [0.5, 0.6) is 5.75 Å². The summed E-state index contributed by atoms with van der Waals surface area (Å²) in [6, 6.07) is 5.30. The Morgan fingerprint density at radius 1 is 1.17 bits per heavy atom. The molecule has 2 nitrogen and oxygen atoms in total. The number of halogens is 2. The number of rotatable bonds is 0. The molecule has 0 atom stereocenters. The normalized spacial score (nSPS) is 14.8. The highest BCUT2D eigenvalue weighted by atomic mass is 19.2. The van der Waals surface area contributed by atoms with Gasteiger partial charge in [0.25, 0.3) is 5.95 Å². The molecule has 2 rings (SSSR count). The van der Waals surface area contributed by atoms with Crippen molar-refractivity contribution in [2.45, 2.75) is 0 Å². The molecule has 0 saturated heterocycles. The maximum Gasteiger partial charge on any atom is 0.332 e. The lowest BCUT2D eigenvalue weighted by molar-refractivity contribution is 0.273. The molecule has 62 valence electrons. The Labute approximate surface area is 67.5 Å². The lowest BCUT2D eigenvalue weighted by Crippen LogP contribution is -2.08. The van der Waals surface area contributed by atoms with Gasteiger partial charge in [-0.2, -0.15) is 8.78 Å². The van der Waals surface area contributed by atoms with E-state index in [4.69, 9.17) is 0 Å². The monoisotopic (exact) mass is 169 g/mol. The summed E-state index contributed by atoms with van der Waals surface area (Å²) in [4.78, 5) is 0. The van der Waals surface area contributed by atoms with E-state index in [1.165, 1.54) is 0 Å². The van der Waals surface area contributed by atoms with Crippen LogP contribution in [0.4, 0.5) is 14.5 Å². The van der Waals surface area contributed by atoms with E-state index in [0.717, 1.165) is 0 Å². The Morgan fingerprint density at radius 2 is 1.92 bits per heavy atom. The van der Waals surface area contributed by atoms with Gasteiger partial charge in [-0.1, -0.05) is 12.1 Å². The molecule has 12 heavy (non-hydrogen) atoms. The molecule has 4 heteroatoms. The molecule has 0 radical (unpaired) electrons. The summed E-state index contributed by atoms with van der Waals surface area (Å²) in [5, 5.41) is 2.22. The highest BCUT2D eigenvalue weighted by Gasteiger charge is 2.18. The summed E-state index contributed by atoms with van der Waals surface area (Å²) in [6.45, 7) is 0. The van der Waals surface area contributed by atoms with E-state index in [0.29, 0.717) is 5.69 Å². The third kappa shape index (κ3) is 1.01. The maximum absolute atomic E-state index is 12.5. The molecule has 0 unspecified atom stereocenters. The first kappa shape index (κ1) is 7.09. The van der Waals surface area contributed by atoms with Crippen molar-refractivity contribution < 1.29 is 13.5 Å². The van der Waals surface area contributed by atoms with Crippen LogP contribution in [0.25, 0.3) is 0 Å². The minimum absolute atomic E-state index is 0.288. The number of anilines is 1. The number of hydrogen-bond acceptors (Lipinski definition) is 2. The molecule has 0 spiro atoms. The van der Waals surface area contributed by atoms with Crippen LogP contribution in [0.3, 0.4) is 0 Å². The largest absolute Gasteiger partial charge is 0.426 e. The molecule has 1 aromatic rings. The van der Waals surface area contributed by atoms with E-state index >= 15 is 0 Å². The zero-order chi connectivity index (χ0) is 8.55. The lowest BCUT2D eigenvalue weighted by atomic mass is 10.3. The first-order chi connectivity index (χ1) is 5.77. The molecule has 0 amide bonds. The zero-order valence-corrected chi connectivity index (χ0v) is 5.97. The van der Waals surface area contributed by atoms with Crippen LogP contribution in [0.15, 0.2) is 36.2 Å². The lowest BCUT2D eigenvalue weighted by Gasteiger charge is -2.15. The molecule has 1 aliphatic rings. The highest BCUT2D eigenvalue weighted by Crippen LogP contribution is 2.32. The second-order valence-corrected chi connectivity index (χ2v) is 2.31. The van der Waals surface area contributed by atoms with E-state index in [2.05, 4.69) is 10.1 Å². The third-order valence-electron chi connectivity index (χ3n) is 1.50. The topological polar surface area (TPSA) is 21.3 Å². The van der Waals surface area contributed by atoms with Gasteiger partial charge in [-0.15, -0.1) is 0 Å². The second kappa shape index (κ2) is 2.48. The molecule has 0 fully saturated rings. The van der Waals surface area contributed by atoms with E-state index < -0.39 is 12.0 Å². The van der Waals surface area contributed by atoms with Crippen molar-refractivity contribution in [3.05, 3.63) is 36.2 Å². The van der Waals surface area contributed by atoms with Crippen molar-refractivity contribution in [2.75, 3.05) is 5.32 Å². The van der Waals surface area contributed by atoms with Crippen LogP contribution in [-0.2, 0) is 0 Å². The van der Waals surface area contributed by atoms with Crippen molar-refractivity contribution in [2.24, 2.45) is 0 Å². The molecule has 1 heterocycles. The molecular weight excluding hydrogens is 164 g/mol. The van der Waals surface area contributed by atoms with Crippen LogP contribution >= 0.6 is 0 Å². The Bertz CT molecular complexity index is 316. The molecule has 0 saturated carbocycles. The van der Waals surface area contributed by atoms with Crippen molar-refractivity contribution in [3.8, 4) is 5.75 Å². The van der Waals surface area contributed by atoms with Gasteiger partial charge in [-0.3, -0.25) is 0 Å². The molecular formula is C8H5F2NO. The van der Waals surface area contributed by atoms with E-state index in [-0.39, 0.29) is 5.75 Å². The summed E-state index contributed by atoms with van der Waals surface area (Å²) < 4.78 is 29.5. The summed E-state index contributed by atoms with van der Waals surface area (Å²) in [5.41, 5.74) is 0.427. The number of ether oxygens (including phenoxy) is 1. The fraction of sp³-hybridized carbons (Fsp3) is 0. The Hall–Kier alpha value is -1.58.